The summed E-state index contributed by atoms with van der Waals surface area (Å²) in [6.07, 6.45) is 0. The Morgan fingerprint density at radius 2 is 2.21 bits per heavy atom. The molecule has 96 valence electrons. The van der Waals surface area contributed by atoms with Crippen LogP contribution in [0.3, 0.4) is 0 Å². The zero-order chi connectivity index (χ0) is 14.0. The van der Waals surface area contributed by atoms with Crippen LogP contribution in [0.4, 0.5) is 4.39 Å². The van der Waals surface area contributed by atoms with E-state index in [4.69, 9.17) is 5.26 Å². The van der Waals surface area contributed by atoms with Crippen LogP contribution in [0.25, 0.3) is 0 Å². The molecule has 0 fully saturated rings. The Labute approximate surface area is 110 Å². The van der Waals surface area contributed by atoms with Gasteiger partial charge in [0, 0.05) is 7.05 Å². The summed E-state index contributed by atoms with van der Waals surface area (Å²) in [4.78, 5) is 25.9. The first-order valence-electron chi connectivity index (χ1n) is 5.06. The summed E-state index contributed by atoms with van der Waals surface area (Å²) >= 11 is 0.880. The molecule has 0 saturated carbocycles. The number of aromatic amines is 1. The number of aryl methyl sites for hydroxylation is 1. The summed E-state index contributed by atoms with van der Waals surface area (Å²) in [5, 5.41) is 11.0. The van der Waals surface area contributed by atoms with Crippen molar-refractivity contribution in [3.8, 4) is 6.07 Å². The number of hydrogen-bond donors (Lipinski definition) is 1. The van der Waals surface area contributed by atoms with Gasteiger partial charge in [-0.25, -0.2) is 4.39 Å². The Bertz CT molecular complexity index is 791. The Balaban J connectivity index is 2.42. The molecule has 1 aromatic heterocycles. The molecule has 1 heterocycles. The van der Waals surface area contributed by atoms with Gasteiger partial charge in [0.2, 0.25) is 0 Å². The molecule has 0 aliphatic heterocycles. The molecule has 1 aromatic carbocycles. The van der Waals surface area contributed by atoms with Gasteiger partial charge in [0.1, 0.15) is 5.82 Å². The first-order chi connectivity index (χ1) is 9.01. The maximum atomic E-state index is 13.7. The summed E-state index contributed by atoms with van der Waals surface area (Å²) in [5.74, 6) is -0.593. The zero-order valence-electron chi connectivity index (χ0n) is 9.68. The molecule has 0 saturated heterocycles. The van der Waals surface area contributed by atoms with Crippen molar-refractivity contribution in [1.29, 1.82) is 5.26 Å². The second kappa shape index (κ2) is 5.07. The number of H-pyrrole nitrogens is 1. The predicted octanol–water partition coefficient (Wildman–Crippen LogP) is 0.631. The first kappa shape index (κ1) is 13.0. The van der Waals surface area contributed by atoms with Gasteiger partial charge in [0.05, 0.1) is 16.5 Å². The van der Waals surface area contributed by atoms with Crippen LogP contribution in [0, 0.1) is 17.1 Å². The second-order valence-corrected chi connectivity index (χ2v) is 4.57. The summed E-state index contributed by atoms with van der Waals surface area (Å²) in [6, 6.07) is 5.77. The van der Waals surface area contributed by atoms with E-state index in [1.165, 1.54) is 23.9 Å². The van der Waals surface area contributed by atoms with E-state index < -0.39 is 16.9 Å². The highest BCUT2D eigenvalue weighted by atomic mass is 32.2. The molecular weight excluding hydrogens is 271 g/mol. The lowest BCUT2D eigenvalue weighted by atomic mass is 10.2. The van der Waals surface area contributed by atoms with Gasteiger partial charge < -0.3 is 0 Å². The quantitative estimate of drug-likeness (QED) is 0.813. The van der Waals surface area contributed by atoms with Crippen molar-refractivity contribution in [3.63, 3.8) is 0 Å². The molecule has 0 bridgehead atoms. The number of nitrogens with one attached hydrogen (secondary N) is 1. The van der Waals surface area contributed by atoms with Crippen molar-refractivity contribution in [2.45, 2.75) is 10.1 Å². The van der Waals surface area contributed by atoms with Crippen LogP contribution >= 0.6 is 11.8 Å². The maximum Gasteiger partial charge on any atom is 0.339 e. The third kappa shape index (κ3) is 2.71. The molecule has 0 atom stereocenters. The molecule has 8 heteroatoms. The maximum absolute atomic E-state index is 13.7. The normalized spacial score (nSPS) is 10.2. The topological polar surface area (TPSA) is 91.5 Å². The molecule has 19 heavy (non-hydrogen) atoms. The number of halogens is 1. The standard InChI is InChI=1S/C11H7FN4O2S/c1-16-11(14-9(17)10(18)15-16)19-8-3-2-6(5-13)4-7(8)12/h2-4H,1H3,(H,15,18). The van der Waals surface area contributed by atoms with Gasteiger partial charge in [-0.2, -0.15) is 10.2 Å². The number of rotatable bonds is 2. The molecule has 2 rings (SSSR count). The molecule has 2 aromatic rings. The fourth-order valence-corrected chi connectivity index (χ4v) is 2.10. The Kier molecular flexibility index (Phi) is 3.48. The summed E-state index contributed by atoms with van der Waals surface area (Å²) in [7, 11) is 1.48. The van der Waals surface area contributed by atoms with E-state index in [1.54, 1.807) is 0 Å². The third-order valence-electron chi connectivity index (χ3n) is 2.21. The minimum atomic E-state index is -0.936. The zero-order valence-corrected chi connectivity index (χ0v) is 10.5. The van der Waals surface area contributed by atoms with Gasteiger partial charge >= 0.3 is 11.1 Å². The first-order valence-corrected chi connectivity index (χ1v) is 5.88. The monoisotopic (exact) mass is 278 g/mol. The van der Waals surface area contributed by atoms with Crippen molar-refractivity contribution in [2.75, 3.05) is 0 Å². The number of benzene rings is 1. The van der Waals surface area contributed by atoms with E-state index in [-0.39, 0.29) is 15.6 Å². The SMILES string of the molecule is Cn1[nH]c(=O)c(=O)nc1Sc1ccc(C#N)cc1F. The second-order valence-electron chi connectivity index (χ2n) is 3.56. The van der Waals surface area contributed by atoms with E-state index >= 15 is 0 Å². The van der Waals surface area contributed by atoms with Gasteiger partial charge in [-0.15, -0.1) is 0 Å². The fourth-order valence-electron chi connectivity index (χ4n) is 1.30. The summed E-state index contributed by atoms with van der Waals surface area (Å²) in [6.45, 7) is 0. The molecule has 0 amide bonds. The van der Waals surface area contributed by atoms with Crippen molar-refractivity contribution in [2.24, 2.45) is 7.05 Å². The molecule has 1 N–H and O–H groups in total. The van der Waals surface area contributed by atoms with Gasteiger partial charge in [-0.3, -0.25) is 19.4 Å². The van der Waals surface area contributed by atoms with Crippen molar-refractivity contribution < 1.29 is 4.39 Å². The van der Waals surface area contributed by atoms with Crippen LogP contribution in [-0.4, -0.2) is 14.8 Å². The van der Waals surface area contributed by atoms with Crippen LogP contribution in [0.2, 0.25) is 0 Å². The molecular formula is C11H7FN4O2S. The molecule has 0 radical (unpaired) electrons. The Hall–Kier alpha value is -2.40. The Morgan fingerprint density at radius 3 is 2.84 bits per heavy atom. The largest absolute Gasteiger partial charge is 0.339 e. The minimum absolute atomic E-state index is 0.146. The molecule has 0 spiro atoms. The van der Waals surface area contributed by atoms with E-state index in [1.807, 2.05) is 6.07 Å². The molecule has 0 aliphatic carbocycles. The highest BCUT2D eigenvalue weighted by Gasteiger charge is 2.10. The van der Waals surface area contributed by atoms with Crippen LogP contribution < -0.4 is 11.1 Å². The van der Waals surface area contributed by atoms with Crippen LogP contribution in [0.1, 0.15) is 5.56 Å². The summed E-state index contributed by atoms with van der Waals surface area (Å²) < 4.78 is 14.9. The Morgan fingerprint density at radius 1 is 1.47 bits per heavy atom. The van der Waals surface area contributed by atoms with Crippen LogP contribution in [0.5, 0.6) is 0 Å². The number of nitriles is 1. The highest BCUT2D eigenvalue weighted by Crippen LogP contribution is 2.27. The van der Waals surface area contributed by atoms with Crippen molar-refractivity contribution >= 4 is 11.8 Å². The highest BCUT2D eigenvalue weighted by molar-refractivity contribution is 7.99. The number of hydrogen-bond acceptors (Lipinski definition) is 5. The van der Waals surface area contributed by atoms with E-state index in [0.717, 1.165) is 17.8 Å². The lowest BCUT2D eigenvalue weighted by Gasteiger charge is -2.06. The smallest absolute Gasteiger partial charge is 0.265 e. The number of nitrogens with zero attached hydrogens (tertiary/aromatic N) is 3. The number of aromatic nitrogens is 3. The van der Waals surface area contributed by atoms with E-state index in [0.29, 0.717) is 0 Å². The lowest BCUT2D eigenvalue weighted by molar-refractivity contribution is 0.587. The van der Waals surface area contributed by atoms with Gasteiger partial charge in [-0.05, 0) is 30.0 Å². The van der Waals surface area contributed by atoms with Crippen molar-refractivity contribution in [1.82, 2.24) is 14.8 Å². The molecule has 0 unspecified atom stereocenters. The van der Waals surface area contributed by atoms with Gasteiger partial charge in [-0.1, -0.05) is 0 Å². The van der Waals surface area contributed by atoms with Crippen molar-refractivity contribution in [3.05, 3.63) is 50.3 Å². The van der Waals surface area contributed by atoms with E-state index in [9.17, 15) is 14.0 Å². The summed E-state index contributed by atoms with van der Waals surface area (Å²) in [5.41, 5.74) is -1.58. The molecule has 0 aliphatic rings. The fraction of sp³-hybridized carbons (Fsp3) is 0.0909. The van der Waals surface area contributed by atoms with Gasteiger partial charge in [0.15, 0.2) is 5.16 Å². The van der Waals surface area contributed by atoms with Crippen LogP contribution in [0.15, 0.2) is 37.8 Å². The average molecular weight is 278 g/mol. The average Bonchev–Trinajstić information content (AvgIpc) is 2.38. The van der Waals surface area contributed by atoms with E-state index in [2.05, 4.69) is 10.1 Å². The molecule has 6 nitrogen and oxygen atoms in total. The lowest BCUT2D eigenvalue weighted by Crippen LogP contribution is -2.33. The third-order valence-corrected chi connectivity index (χ3v) is 3.31. The van der Waals surface area contributed by atoms with Crippen LogP contribution in [-0.2, 0) is 7.05 Å². The van der Waals surface area contributed by atoms with Gasteiger partial charge in [0.25, 0.3) is 0 Å². The predicted molar refractivity (Wildman–Crippen MR) is 65.3 cm³/mol. The minimum Gasteiger partial charge on any atom is -0.265 e.